The van der Waals surface area contributed by atoms with Crippen LogP contribution in [-0.2, 0) is 0 Å². The molecule has 0 spiro atoms. The third-order valence-corrected chi connectivity index (χ3v) is 4.39. The smallest absolute Gasteiger partial charge is 0.143 e. The standard InChI is InChI=1S/C16H27N3O/c1-11-5-6-12(19(2)3)7-8-18-15-10-16(20-4)14(17)9-13(11)15/h9-12,18H,5-8,17H2,1-4H3. The third-order valence-electron chi connectivity index (χ3n) is 4.39. The van der Waals surface area contributed by atoms with Gasteiger partial charge in [0.2, 0.25) is 0 Å². The van der Waals surface area contributed by atoms with Crippen molar-refractivity contribution in [2.24, 2.45) is 0 Å². The topological polar surface area (TPSA) is 50.5 Å². The van der Waals surface area contributed by atoms with Crippen LogP contribution in [0.25, 0.3) is 0 Å². The number of hydrogen-bond acceptors (Lipinski definition) is 4. The van der Waals surface area contributed by atoms with Crippen molar-refractivity contribution in [2.45, 2.75) is 38.1 Å². The molecule has 1 aromatic carbocycles. The fourth-order valence-electron chi connectivity index (χ4n) is 2.98. The van der Waals surface area contributed by atoms with Crippen molar-refractivity contribution in [3.8, 4) is 5.75 Å². The van der Waals surface area contributed by atoms with E-state index in [0.717, 1.165) is 24.4 Å². The van der Waals surface area contributed by atoms with Gasteiger partial charge in [0.1, 0.15) is 5.75 Å². The van der Waals surface area contributed by atoms with Crippen molar-refractivity contribution in [2.75, 3.05) is 38.8 Å². The molecular weight excluding hydrogens is 250 g/mol. The Kier molecular flexibility index (Phi) is 4.76. The molecule has 4 heteroatoms. The van der Waals surface area contributed by atoms with Crippen LogP contribution in [0.3, 0.4) is 0 Å². The number of rotatable bonds is 2. The Labute approximate surface area is 122 Å². The molecule has 20 heavy (non-hydrogen) atoms. The normalized spacial score (nSPS) is 23.2. The monoisotopic (exact) mass is 277 g/mol. The van der Waals surface area contributed by atoms with Gasteiger partial charge in [0.05, 0.1) is 12.8 Å². The van der Waals surface area contributed by atoms with Crippen molar-refractivity contribution >= 4 is 11.4 Å². The lowest BCUT2D eigenvalue weighted by atomic mass is 9.92. The molecule has 112 valence electrons. The average molecular weight is 277 g/mol. The van der Waals surface area contributed by atoms with E-state index >= 15 is 0 Å². The first kappa shape index (κ1) is 15.0. The maximum Gasteiger partial charge on any atom is 0.143 e. The average Bonchev–Trinajstić information content (AvgIpc) is 2.49. The quantitative estimate of drug-likeness (QED) is 0.816. The van der Waals surface area contributed by atoms with Gasteiger partial charge in [-0.1, -0.05) is 6.92 Å². The molecule has 2 atom stereocenters. The fraction of sp³-hybridized carbons (Fsp3) is 0.625. The van der Waals surface area contributed by atoms with E-state index in [-0.39, 0.29) is 0 Å². The lowest BCUT2D eigenvalue weighted by molar-refractivity contribution is 0.261. The van der Waals surface area contributed by atoms with Crippen molar-refractivity contribution in [3.63, 3.8) is 0 Å². The lowest BCUT2D eigenvalue weighted by Crippen LogP contribution is -2.29. The van der Waals surface area contributed by atoms with Crippen LogP contribution < -0.4 is 15.8 Å². The van der Waals surface area contributed by atoms with Gasteiger partial charge in [0.25, 0.3) is 0 Å². The van der Waals surface area contributed by atoms with Crippen LogP contribution >= 0.6 is 0 Å². The summed E-state index contributed by atoms with van der Waals surface area (Å²) in [6.45, 7) is 3.26. The molecule has 1 aromatic rings. The zero-order valence-electron chi connectivity index (χ0n) is 13.1. The molecular formula is C16H27N3O. The van der Waals surface area contributed by atoms with E-state index in [0.29, 0.717) is 12.0 Å². The highest BCUT2D eigenvalue weighted by molar-refractivity contribution is 5.66. The molecule has 0 aliphatic carbocycles. The molecule has 1 heterocycles. The van der Waals surface area contributed by atoms with Gasteiger partial charge in [-0.15, -0.1) is 0 Å². The Hall–Kier alpha value is -1.42. The van der Waals surface area contributed by atoms with E-state index in [9.17, 15) is 0 Å². The van der Waals surface area contributed by atoms with E-state index in [1.54, 1.807) is 7.11 Å². The highest BCUT2D eigenvalue weighted by Gasteiger charge is 2.20. The zero-order chi connectivity index (χ0) is 14.7. The predicted octanol–water partition coefficient (Wildman–Crippen LogP) is 2.91. The van der Waals surface area contributed by atoms with Gasteiger partial charge < -0.3 is 20.7 Å². The van der Waals surface area contributed by atoms with E-state index < -0.39 is 0 Å². The number of fused-ring (bicyclic) bond motifs is 1. The van der Waals surface area contributed by atoms with Crippen LogP contribution in [0.1, 0.15) is 37.7 Å². The summed E-state index contributed by atoms with van der Waals surface area (Å²) in [5.74, 6) is 1.26. The summed E-state index contributed by atoms with van der Waals surface area (Å²) in [6.07, 6.45) is 3.57. The van der Waals surface area contributed by atoms with Crippen LogP contribution in [0.5, 0.6) is 5.75 Å². The molecule has 0 saturated heterocycles. The Morgan fingerprint density at radius 1 is 1.25 bits per heavy atom. The number of hydrogen-bond donors (Lipinski definition) is 2. The van der Waals surface area contributed by atoms with Crippen LogP contribution in [0.4, 0.5) is 11.4 Å². The SMILES string of the molecule is COc1cc2c(cc1N)C(C)CCC(N(C)C)CCN2. The van der Waals surface area contributed by atoms with E-state index in [1.807, 2.05) is 6.07 Å². The first-order valence-corrected chi connectivity index (χ1v) is 7.40. The minimum atomic E-state index is 0.506. The van der Waals surface area contributed by atoms with Gasteiger partial charge in [-0.05, 0) is 50.9 Å². The van der Waals surface area contributed by atoms with Gasteiger partial charge in [0, 0.05) is 24.3 Å². The summed E-state index contributed by atoms with van der Waals surface area (Å²) in [6, 6.07) is 4.75. The van der Waals surface area contributed by atoms with E-state index in [2.05, 4.69) is 37.3 Å². The highest BCUT2D eigenvalue weighted by atomic mass is 16.5. The van der Waals surface area contributed by atoms with Gasteiger partial charge in [0.15, 0.2) is 0 Å². The largest absolute Gasteiger partial charge is 0.495 e. The molecule has 1 aliphatic rings. The van der Waals surface area contributed by atoms with Crippen molar-refractivity contribution in [3.05, 3.63) is 17.7 Å². The number of anilines is 2. The highest BCUT2D eigenvalue weighted by Crippen LogP contribution is 2.36. The molecule has 0 amide bonds. The summed E-state index contributed by atoms with van der Waals surface area (Å²) >= 11 is 0. The first-order chi connectivity index (χ1) is 9.52. The molecule has 0 fully saturated rings. The molecule has 2 unspecified atom stereocenters. The van der Waals surface area contributed by atoms with Crippen LogP contribution in [0, 0.1) is 0 Å². The first-order valence-electron chi connectivity index (χ1n) is 7.40. The molecule has 0 bridgehead atoms. The number of nitrogens with zero attached hydrogens (tertiary/aromatic N) is 1. The van der Waals surface area contributed by atoms with E-state index in [1.165, 1.54) is 24.1 Å². The Morgan fingerprint density at radius 3 is 2.65 bits per heavy atom. The number of nitrogens with two attached hydrogens (primary N) is 1. The van der Waals surface area contributed by atoms with Gasteiger partial charge in [-0.25, -0.2) is 0 Å². The number of nitrogens with one attached hydrogen (secondary N) is 1. The Morgan fingerprint density at radius 2 is 2.00 bits per heavy atom. The maximum atomic E-state index is 6.06. The van der Waals surface area contributed by atoms with Crippen LogP contribution in [0.15, 0.2) is 12.1 Å². The number of nitrogen functional groups attached to an aromatic ring is 1. The minimum absolute atomic E-state index is 0.506. The number of benzene rings is 1. The van der Waals surface area contributed by atoms with Crippen LogP contribution in [-0.4, -0.2) is 38.7 Å². The summed E-state index contributed by atoms with van der Waals surface area (Å²) < 4.78 is 5.34. The van der Waals surface area contributed by atoms with Gasteiger partial charge >= 0.3 is 0 Å². The second-order valence-corrected chi connectivity index (χ2v) is 5.99. The zero-order valence-corrected chi connectivity index (χ0v) is 13.1. The molecule has 1 aliphatic heterocycles. The molecule has 0 aromatic heterocycles. The fourth-order valence-corrected chi connectivity index (χ4v) is 2.98. The van der Waals surface area contributed by atoms with Crippen molar-refractivity contribution in [1.29, 1.82) is 0 Å². The maximum absolute atomic E-state index is 6.06. The van der Waals surface area contributed by atoms with Crippen molar-refractivity contribution in [1.82, 2.24) is 4.90 Å². The summed E-state index contributed by atoms with van der Waals surface area (Å²) in [7, 11) is 6.00. The third kappa shape index (κ3) is 3.18. The Balaban J connectivity index is 2.28. The van der Waals surface area contributed by atoms with Gasteiger partial charge in [-0.2, -0.15) is 0 Å². The lowest BCUT2D eigenvalue weighted by Gasteiger charge is -2.24. The summed E-state index contributed by atoms with van der Waals surface area (Å²) in [5, 5.41) is 3.56. The summed E-state index contributed by atoms with van der Waals surface area (Å²) in [4.78, 5) is 2.33. The van der Waals surface area contributed by atoms with Crippen LogP contribution in [0.2, 0.25) is 0 Å². The minimum Gasteiger partial charge on any atom is -0.495 e. The molecule has 0 saturated carbocycles. The molecule has 4 nitrogen and oxygen atoms in total. The molecule has 3 N–H and O–H groups in total. The Bertz CT molecular complexity index is 459. The van der Waals surface area contributed by atoms with E-state index in [4.69, 9.17) is 10.5 Å². The molecule has 0 radical (unpaired) electrons. The second kappa shape index (κ2) is 6.35. The molecule has 2 rings (SSSR count). The second-order valence-electron chi connectivity index (χ2n) is 5.99. The van der Waals surface area contributed by atoms with Gasteiger partial charge in [-0.3, -0.25) is 0 Å². The van der Waals surface area contributed by atoms with Crippen molar-refractivity contribution < 1.29 is 4.74 Å². The predicted molar refractivity (Wildman–Crippen MR) is 85.6 cm³/mol. The number of ether oxygens (including phenoxy) is 1. The number of methoxy groups -OCH3 is 1. The summed E-state index contributed by atoms with van der Waals surface area (Å²) in [5.41, 5.74) is 9.26.